The summed E-state index contributed by atoms with van der Waals surface area (Å²) in [6.07, 6.45) is 0.0184. The van der Waals surface area contributed by atoms with Gasteiger partial charge in [-0.2, -0.15) is 0 Å². The number of benzene rings is 3. The second kappa shape index (κ2) is 9.85. The van der Waals surface area contributed by atoms with Crippen LogP contribution >= 0.6 is 11.6 Å². The molecule has 0 saturated carbocycles. The minimum atomic E-state index is -0.550. The number of rotatable bonds is 7. The van der Waals surface area contributed by atoms with Gasteiger partial charge in [0.2, 0.25) is 5.91 Å². The minimum absolute atomic E-state index is 0.0184. The molecule has 6 heteroatoms. The summed E-state index contributed by atoms with van der Waals surface area (Å²) in [6, 6.07) is 22.2. The standard InChI is InChI=1S/C24H21ClN2O3/c1-16(28)18-10-7-11-19(14-18)26-23(29)15-22(17-8-3-2-4-9-17)27-24(30)20-12-5-6-13-21(20)25/h2-14,22H,15H2,1H3,(H,26,29)(H,27,30)/t22-/m0/s1. The Labute approximate surface area is 180 Å². The van der Waals surface area contributed by atoms with Crippen LogP contribution < -0.4 is 10.6 Å². The number of Topliss-reactive ketones (excluding diaryl/α,β-unsaturated/α-hetero) is 1. The van der Waals surface area contributed by atoms with Crippen LogP contribution in [0.4, 0.5) is 5.69 Å². The Hall–Kier alpha value is -3.44. The van der Waals surface area contributed by atoms with Gasteiger partial charge in [-0.3, -0.25) is 14.4 Å². The molecule has 3 aromatic rings. The van der Waals surface area contributed by atoms with Crippen LogP contribution in [-0.2, 0) is 4.79 Å². The van der Waals surface area contributed by atoms with Crippen LogP contribution in [0.25, 0.3) is 0 Å². The van der Waals surface area contributed by atoms with Gasteiger partial charge in [0.05, 0.1) is 23.0 Å². The molecule has 0 aliphatic heterocycles. The molecule has 0 unspecified atom stereocenters. The Morgan fingerprint density at radius 1 is 0.900 bits per heavy atom. The van der Waals surface area contributed by atoms with E-state index < -0.39 is 6.04 Å². The molecule has 0 fully saturated rings. The number of anilines is 1. The van der Waals surface area contributed by atoms with Crippen molar-refractivity contribution in [3.8, 4) is 0 Å². The molecule has 5 nitrogen and oxygen atoms in total. The summed E-state index contributed by atoms with van der Waals surface area (Å²) >= 11 is 6.13. The van der Waals surface area contributed by atoms with Crippen molar-refractivity contribution in [3.63, 3.8) is 0 Å². The molecule has 0 aliphatic carbocycles. The van der Waals surface area contributed by atoms with Crippen molar-refractivity contribution in [1.29, 1.82) is 0 Å². The third kappa shape index (κ3) is 5.55. The zero-order chi connectivity index (χ0) is 21.5. The lowest BCUT2D eigenvalue weighted by molar-refractivity contribution is -0.116. The van der Waals surface area contributed by atoms with Gasteiger partial charge in [-0.15, -0.1) is 0 Å². The van der Waals surface area contributed by atoms with E-state index in [1.54, 1.807) is 48.5 Å². The zero-order valence-electron chi connectivity index (χ0n) is 16.4. The van der Waals surface area contributed by atoms with Gasteiger partial charge in [0, 0.05) is 11.3 Å². The molecular weight excluding hydrogens is 400 g/mol. The number of hydrogen-bond donors (Lipinski definition) is 2. The van der Waals surface area contributed by atoms with E-state index in [-0.39, 0.29) is 24.0 Å². The number of carbonyl (C=O) groups excluding carboxylic acids is 3. The number of halogens is 1. The molecule has 0 aliphatic rings. The lowest BCUT2D eigenvalue weighted by Gasteiger charge is -2.19. The molecule has 2 N–H and O–H groups in total. The van der Waals surface area contributed by atoms with Gasteiger partial charge in [0.25, 0.3) is 5.91 Å². The van der Waals surface area contributed by atoms with E-state index in [1.165, 1.54) is 6.92 Å². The van der Waals surface area contributed by atoms with E-state index in [0.717, 1.165) is 5.56 Å². The summed E-state index contributed by atoms with van der Waals surface area (Å²) < 4.78 is 0. The number of nitrogens with one attached hydrogen (secondary N) is 2. The highest BCUT2D eigenvalue weighted by Crippen LogP contribution is 2.21. The highest BCUT2D eigenvalue weighted by Gasteiger charge is 2.20. The Morgan fingerprint density at radius 3 is 2.30 bits per heavy atom. The average molecular weight is 421 g/mol. The van der Waals surface area contributed by atoms with E-state index in [2.05, 4.69) is 10.6 Å². The predicted molar refractivity (Wildman–Crippen MR) is 118 cm³/mol. The lowest BCUT2D eigenvalue weighted by Crippen LogP contribution is -2.31. The fourth-order valence-corrected chi connectivity index (χ4v) is 3.25. The van der Waals surface area contributed by atoms with Crippen molar-refractivity contribution in [1.82, 2.24) is 5.32 Å². The third-order valence-corrected chi connectivity index (χ3v) is 4.90. The maximum atomic E-state index is 12.7. The maximum Gasteiger partial charge on any atom is 0.253 e. The van der Waals surface area contributed by atoms with Gasteiger partial charge in [0.15, 0.2) is 5.78 Å². The van der Waals surface area contributed by atoms with Gasteiger partial charge in [-0.05, 0) is 36.8 Å². The van der Waals surface area contributed by atoms with Gasteiger partial charge < -0.3 is 10.6 Å². The maximum absolute atomic E-state index is 12.7. The summed E-state index contributed by atoms with van der Waals surface area (Å²) in [7, 11) is 0. The molecule has 0 radical (unpaired) electrons. The van der Waals surface area contributed by atoms with Crippen molar-refractivity contribution in [2.75, 3.05) is 5.32 Å². The monoisotopic (exact) mass is 420 g/mol. The van der Waals surface area contributed by atoms with Gasteiger partial charge in [-0.1, -0.05) is 66.2 Å². The van der Waals surface area contributed by atoms with E-state index in [1.807, 2.05) is 30.3 Å². The second-order valence-corrected chi connectivity index (χ2v) is 7.21. The number of hydrogen-bond acceptors (Lipinski definition) is 3. The minimum Gasteiger partial charge on any atom is -0.345 e. The number of ketones is 1. The van der Waals surface area contributed by atoms with E-state index in [9.17, 15) is 14.4 Å². The molecule has 1 atom stereocenters. The number of carbonyl (C=O) groups is 3. The molecule has 0 spiro atoms. The van der Waals surface area contributed by atoms with Crippen LogP contribution in [0.15, 0.2) is 78.9 Å². The fourth-order valence-electron chi connectivity index (χ4n) is 3.03. The molecule has 0 aromatic heterocycles. The fraction of sp³-hybridized carbons (Fsp3) is 0.125. The molecule has 3 aromatic carbocycles. The molecule has 0 heterocycles. The predicted octanol–water partition coefficient (Wildman–Crippen LogP) is 5.04. The SMILES string of the molecule is CC(=O)c1cccc(NC(=O)C[C@H](NC(=O)c2ccccc2Cl)c2ccccc2)c1. The topological polar surface area (TPSA) is 75.3 Å². The smallest absolute Gasteiger partial charge is 0.253 e. The summed E-state index contributed by atoms with van der Waals surface area (Å²) in [6.45, 7) is 1.47. The Kier molecular flexibility index (Phi) is 6.99. The lowest BCUT2D eigenvalue weighted by atomic mass is 10.0. The average Bonchev–Trinajstić information content (AvgIpc) is 2.74. The zero-order valence-corrected chi connectivity index (χ0v) is 17.1. The first-order valence-corrected chi connectivity index (χ1v) is 9.83. The van der Waals surface area contributed by atoms with Crippen LogP contribution in [0.2, 0.25) is 5.02 Å². The first kappa shape index (κ1) is 21.3. The van der Waals surface area contributed by atoms with E-state index >= 15 is 0 Å². The Morgan fingerprint density at radius 2 is 1.60 bits per heavy atom. The van der Waals surface area contributed by atoms with Crippen LogP contribution in [0.5, 0.6) is 0 Å². The van der Waals surface area contributed by atoms with Crippen molar-refractivity contribution >= 4 is 34.9 Å². The molecule has 3 rings (SSSR count). The van der Waals surface area contributed by atoms with Crippen molar-refractivity contribution < 1.29 is 14.4 Å². The van der Waals surface area contributed by atoms with Gasteiger partial charge >= 0.3 is 0 Å². The summed E-state index contributed by atoms with van der Waals surface area (Å²) in [5, 5.41) is 6.03. The highest BCUT2D eigenvalue weighted by molar-refractivity contribution is 6.33. The highest BCUT2D eigenvalue weighted by atomic mass is 35.5. The quantitative estimate of drug-likeness (QED) is 0.525. The molecule has 0 saturated heterocycles. The third-order valence-electron chi connectivity index (χ3n) is 4.57. The van der Waals surface area contributed by atoms with Crippen molar-refractivity contribution in [2.45, 2.75) is 19.4 Å². The summed E-state index contributed by atoms with van der Waals surface area (Å²) in [5.41, 5.74) is 2.18. The van der Waals surface area contributed by atoms with E-state index in [0.29, 0.717) is 21.8 Å². The summed E-state index contributed by atoms with van der Waals surface area (Å²) in [4.78, 5) is 37.0. The first-order valence-electron chi connectivity index (χ1n) is 9.45. The molecule has 30 heavy (non-hydrogen) atoms. The summed E-state index contributed by atoms with van der Waals surface area (Å²) in [5.74, 6) is -0.731. The van der Waals surface area contributed by atoms with Crippen LogP contribution in [0.1, 0.15) is 45.7 Å². The second-order valence-electron chi connectivity index (χ2n) is 6.81. The molecule has 152 valence electrons. The Balaban J connectivity index is 1.77. The molecule has 0 bridgehead atoms. The van der Waals surface area contributed by atoms with Crippen molar-refractivity contribution in [2.24, 2.45) is 0 Å². The first-order chi connectivity index (χ1) is 14.4. The van der Waals surface area contributed by atoms with Crippen molar-refractivity contribution in [3.05, 3.63) is 101 Å². The van der Waals surface area contributed by atoms with Crippen LogP contribution in [0, 0.1) is 0 Å². The normalized spacial score (nSPS) is 11.4. The van der Waals surface area contributed by atoms with Crippen LogP contribution in [-0.4, -0.2) is 17.6 Å². The van der Waals surface area contributed by atoms with Gasteiger partial charge in [0.1, 0.15) is 0 Å². The Bertz CT molecular complexity index is 1070. The largest absolute Gasteiger partial charge is 0.345 e. The van der Waals surface area contributed by atoms with Gasteiger partial charge in [-0.25, -0.2) is 0 Å². The van der Waals surface area contributed by atoms with E-state index in [4.69, 9.17) is 11.6 Å². The number of amides is 2. The molecule has 2 amide bonds. The molecular formula is C24H21ClN2O3. The van der Waals surface area contributed by atoms with Crippen LogP contribution in [0.3, 0.4) is 0 Å².